The molecule has 1 heterocycles. The highest BCUT2D eigenvalue weighted by Crippen LogP contribution is 2.16. The maximum Gasteiger partial charge on any atom is 0.255 e. The van der Waals surface area contributed by atoms with Crippen LogP contribution in [0.5, 0.6) is 0 Å². The van der Waals surface area contributed by atoms with Gasteiger partial charge in [0.2, 0.25) is 0 Å². The number of nitrogens with one attached hydrogen (secondary N) is 1. The van der Waals surface area contributed by atoms with E-state index in [9.17, 15) is 9.59 Å². The molecule has 24 heavy (non-hydrogen) atoms. The number of carbonyl (C=O) groups is 2. The van der Waals surface area contributed by atoms with E-state index in [-0.39, 0.29) is 17.9 Å². The van der Waals surface area contributed by atoms with Gasteiger partial charge in [0.25, 0.3) is 11.8 Å². The summed E-state index contributed by atoms with van der Waals surface area (Å²) in [6.45, 7) is 1.40. The summed E-state index contributed by atoms with van der Waals surface area (Å²) in [5, 5.41) is 2.83. The van der Waals surface area contributed by atoms with E-state index in [1.807, 2.05) is 23.1 Å². The van der Waals surface area contributed by atoms with Gasteiger partial charge in [0.1, 0.15) is 0 Å². The summed E-state index contributed by atoms with van der Waals surface area (Å²) in [5.41, 5.74) is 7.77. The van der Waals surface area contributed by atoms with Crippen molar-refractivity contribution in [1.29, 1.82) is 0 Å². The normalized spacial score (nSPS) is 15.1. The fourth-order valence-electron chi connectivity index (χ4n) is 2.77. The highest BCUT2D eigenvalue weighted by molar-refractivity contribution is 6.04. The number of piperidine rings is 1. The minimum atomic E-state index is -0.167. The molecule has 0 spiro atoms. The van der Waals surface area contributed by atoms with Gasteiger partial charge in [0.05, 0.1) is 0 Å². The van der Waals surface area contributed by atoms with Crippen molar-refractivity contribution in [3.63, 3.8) is 0 Å². The first kappa shape index (κ1) is 16.2. The first-order valence-corrected chi connectivity index (χ1v) is 8.15. The van der Waals surface area contributed by atoms with Crippen LogP contribution in [-0.4, -0.2) is 35.8 Å². The molecule has 2 amide bonds. The molecule has 3 rings (SSSR count). The van der Waals surface area contributed by atoms with Crippen molar-refractivity contribution < 1.29 is 9.59 Å². The summed E-state index contributed by atoms with van der Waals surface area (Å²) < 4.78 is 0. The third kappa shape index (κ3) is 3.81. The van der Waals surface area contributed by atoms with Crippen molar-refractivity contribution >= 4 is 17.5 Å². The van der Waals surface area contributed by atoms with Crippen molar-refractivity contribution in [2.75, 3.05) is 18.4 Å². The molecule has 0 radical (unpaired) electrons. The zero-order chi connectivity index (χ0) is 16.9. The molecule has 3 N–H and O–H groups in total. The summed E-state index contributed by atoms with van der Waals surface area (Å²) >= 11 is 0. The number of hydrogen-bond acceptors (Lipinski definition) is 3. The second kappa shape index (κ2) is 7.27. The predicted molar refractivity (Wildman–Crippen MR) is 94.0 cm³/mol. The van der Waals surface area contributed by atoms with Crippen LogP contribution >= 0.6 is 0 Å². The number of likely N-dealkylation sites (tertiary alicyclic amines) is 1. The van der Waals surface area contributed by atoms with Crippen LogP contribution in [-0.2, 0) is 0 Å². The Labute approximate surface area is 141 Å². The van der Waals surface area contributed by atoms with Crippen molar-refractivity contribution in [2.45, 2.75) is 18.9 Å². The van der Waals surface area contributed by atoms with Crippen molar-refractivity contribution in [3.05, 3.63) is 65.7 Å². The molecule has 5 heteroatoms. The van der Waals surface area contributed by atoms with Crippen LogP contribution in [0.25, 0.3) is 0 Å². The molecule has 2 aromatic carbocycles. The van der Waals surface area contributed by atoms with Crippen LogP contribution in [0, 0.1) is 0 Å². The Morgan fingerprint density at radius 1 is 0.917 bits per heavy atom. The zero-order valence-corrected chi connectivity index (χ0v) is 13.4. The highest BCUT2D eigenvalue weighted by Gasteiger charge is 2.21. The first-order chi connectivity index (χ1) is 11.6. The molecule has 0 aromatic heterocycles. The molecule has 1 fully saturated rings. The summed E-state index contributed by atoms with van der Waals surface area (Å²) in [6.07, 6.45) is 1.69. The lowest BCUT2D eigenvalue weighted by Crippen LogP contribution is -2.42. The van der Waals surface area contributed by atoms with Crippen molar-refractivity contribution in [1.82, 2.24) is 4.90 Å². The van der Waals surface area contributed by atoms with Crippen LogP contribution in [0.4, 0.5) is 5.69 Å². The largest absolute Gasteiger partial charge is 0.339 e. The Balaban J connectivity index is 1.63. The topological polar surface area (TPSA) is 75.4 Å². The molecule has 1 saturated heterocycles. The Bertz CT molecular complexity index is 705. The summed E-state index contributed by atoms with van der Waals surface area (Å²) in [4.78, 5) is 26.4. The second-order valence-electron chi connectivity index (χ2n) is 6.03. The van der Waals surface area contributed by atoms with Crippen LogP contribution in [0.2, 0.25) is 0 Å². The molecule has 0 bridgehead atoms. The van der Waals surface area contributed by atoms with E-state index in [0.717, 1.165) is 12.8 Å². The van der Waals surface area contributed by atoms with Gasteiger partial charge in [0.15, 0.2) is 0 Å². The number of amides is 2. The number of anilines is 1. The summed E-state index contributed by atoms with van der Waals surface area (Å²) in [7, 11) is 0. The number of nitrogens with zero attached hydrogens (tertiary/aromatic N) is 1. The van der Waals surface area contributed by atoms with Gasteiger partial charge in [-0.2, -0.15) is 0 Å². The fraction of sp³-hybridized carbons (Fsp3) is 0.263. The van der Waals surface area contributed by atoms with E-state index in [1.54, 1.807) is 36.4 Å². The Kier molecular flexibility index (Phi) is 4.91. The molecule has 0 aliphatic carbocycles. The SMILES string of the molecule is NC1CCN(C(=O)c2ccc(NC(=O)c3ccccc3)cc2)CC1. The number of nitrogens with two attached hydrogens (primary N) is 1. The van der Waals surface area contributed by atoms with Crippen molar-refractivity contribution in [3.8, 4) is 0 Å². The maximum absolute atomic E-state index is 12.5. The van der Waals surface area contributed by atoms with Crippen molar-refractivity contribution in [2.24, 2.45) is 5.73 Å². The fourth-order valence-corrected chi connectivity index (χ4v) is 2.77. The lowest BCUT2D eigenvalue weighted by molar-refractivity contribution is 0.0714. The van der Waals surface area contributed by atoms with Gasteiger partial charge < -0.3 is 16.0 Å². The first-order valence-electron chi connectivity index (χ1n) is 8.15. The molecule has 124 valence electrons. The molecule has 5 nitrogen and oxygen atoms in total. The Morgan fingerprint density at radius 3 is 2.17 bits per heavy atom. The Morgan fingerprint density at radius 2 is 1.54 bits per heavy atom. The van der Waals surface area contributed by atoms with E-state index in [2.05, 4.69) is 5.32 Å². The van der Waals surface area contributed by atoms with Crippen LogP contribution in [0.15, 0.2) is 54.6 Å². The average molecular weight is 323 g/mol. The lowest BCUT2D eigenvalue weighted by Gasteiger charge is -2.30. The van der Waals surface area contributed by atoms with Gasteiger partial charge in [0, 0.05) is 35.9 Å². The van der Waals surface area contributed by atoms with E-state index in [0.29, 0.717) is 29.9 Å². The van der Waals surface area contributed by atoms with Gasteiger partial charge in [-0.3, -0.25) is 9.59 Å². The number of rotatable bonds is 3. The predicted octanol–water partition coefficient (Wildman–Crippen LogP) is 2.50. The molecular weight excluding hydrogens is 302 g/mol. The molecule has 2 aromatic rings. The molecule has 1 aliphatic rings. The van der Waals surface area contributed by atoms with E-state index in [4.69, 9.17) is 5.73 Å². The van der Waals surface area contributed by atoms with E-state index >= 15 is 0 Å². The zero-order valence-electron chi connectivity index (χ0n) is 13.4. The van der Waals surface area contributed by atoms with Gasteiger partial charge in [-0.15, -0.1) is 0 Å². The standard InChI is InChI=1S/C19H21N3O2/c20-16-10-12-22(13-11-16)19(24)15-6-8-17(9-7-15)21-18(23)14-4-2-1-3-5-14/h1-9,16H,10-13,20H2,(H,21,23). The molecule has 0 unspecified atom stereocenters. The van der Waals surface area contributed by atoms with Gasteiger partial charge >= 0.3 is 0 Å². The second-order valence-corrected chi connectivity index (χ2v) is 6.03. The third-order valence-corrected chi connectivity index (χ3v) is 4.25. The number of carbonyl (C=O) groups excluding carboxylic acids is 2. The summed E-state index contributed by atoms with van der Waals surface area (Å²) in [5.74, 6) is -0.150. The minimum Gasteiger partial charge on any atom is -0.339 e. The number of benzene rings is 2. The average Bonchev–Trinajstić information content (AvgIpc) is 2.63. The highest BCUT2D eigenvalue weighted by atomic mass is 16.2. The summed E-state index contributed by atoms with van der Waals surface area (Å²) in [6, 6.07) is 16.2. The smallest absolute Gasteiger partial charge is 0.255 e. The van der Waals surface area contributed by atoms with Gasteiger partial charge in [-0.1, -0.05) is 18.2 Å². The molecule has 0 saturated carbocycles. The lowest BCUT2D eigenvalue weighted by atomic mass is 10.0. The minimum absolute atomic E-state index is 0.0165. The van der Waals surface area contributed by atoms with Crippen LogP contribution in [0.1, 0.15) is 33.6 Å². The van der Waals surface area contributed by atoms with Gasteiger partial charge in [-0.05, 0) is 49.2 Å². The Hall–Kier alpha value is -2.66. The van der Waals surface area contributed by atoms with E-state index in [1.165, 1.54) is 0 Å². The monoisotopic (exact) mass is 323 g/mol. The van der Waals surface area contributed by atoms with E-state index < -0.39 is 0 Å². The van der Waals surface area contributed by atoms with Gasteiger partial charge in [-0.25, -0.2) is 0 Å². The molecule has 1 aliphatic heterocycles. The quantitative estimate of drug-likeness (QED) is 0.911. The van der Waals surface area contributed by atoms with Crippen LogP contribution in [0.3, 0.4) is 0 Å². The third-order valence-electron chi connectivity index (χ3n) is 4.25. The molecule has 0 atom stereocenters. The number of hydrogen-bond donors (Lipinski definition) is 2. The van der Waals surface area contributed by atoms with Crippen LogP contribution < -0.4 is 11.1 Å². The maximum atomic E-state index is 12.5. The molecular formula is C19H21N3O2.